The standard InChI is InChI=1S/C25H44OS/c1-5-6-7-8-9-10-11-12-13-14-15-16-17-18-19-27(4)24-20-22(2)25(26)23(3)21-24/h20-21H,5-19H2,1-4H3/p+1. The molecule has 1 N–H and O–H groups in total. The normalized spacial score (nSPS) is 15.7. The first-order chi connectivity index (χ1) is 13.1. The van der Waals surface area contributed by atoms with Crippen molar-refractivity contribution in [3.05, 3.63) is 23.3 Å². The molecule has 0 saturated carbocycles. The number of hydrogen-bond donors (Lipinski definition) is 0. The monoisotopic (exact) mass is 393 g/mol. The van der Waals surface area contributed by atoms with E-state index in [1.807, 2.05) is 13.8 Å². The molecule has 0 fully saturated rings. The Morgan fingerprint density at radius 2 is 1.04 bits per heavy atom. The molecule has 1 nitrogen and oxygen atoms in total. The molecule has 1 unspecified atom stereocenters. The maximum atomic E-state index is 9.92. The van der Waals surface area contributed by atoms with Crippen LogP contribution in [0, 0.1) is 0 Å². The molecule has 0 aromatic carbocycles. The Kier molecular flexibility index (Phi) is 13.8. The van der Waals surface area contributed by atoms with Crippen molar-refractivity contribution in [3.63, 3.8) is 0 Å². The van der Waals surface area contributed by atoms with Crippen LogP contribution in [0.15, 0.2) is 23.3 Å². The van der Waals surface area contributed by atoms with Gasteiger partial charge in [-0.05, 0) is 49.3 Å². The number of allylic oxidation sites excluding steroid dienone is 4. The second-order valence-electron chi connectivity index (χ2n) is 8.34. The van der Waals surface area contributed by atoms with E-state index in [0.717, 1.165) is 11.1 Å². The van der Waals surface area contributed by atoms with Crippen LogP contribution >= 0.6 is 10.5 Å². The van der Waals surface area contributed by atoms with E-state index < -0.39 is 0 Å². The Morgan fingerprint density at radius 1 is 0.667 bits per heavy atom. The molecule has 2 heteroatoms. The lowest BCUT2D eigenvalue weighted by Gasteiger charge is -2.11. The Labute approximate surface area is 172 Å². The fraction of sp³-hybridized carbons (Fsp3) is 0.760. The Morgan fingerprint density at radius 3 is 1.44 bits per heavy atom. The summed E-state index contributed by atoms with van der Waals surface area (Å²) < 4.78 is 0. The summed E-state index contributed by atoms with van der Waals surface area (Å²) in [5.74, 6) is 1.76. The van der Waals surface area contributed by atoms with Crippen LogP contribution in [0.4, 0.5) is 0 Å². The smallest absolute Gasteiger partial charge is 0.273 e. The van der Waals surface area contributed by atoms with Crippen LogP contribution in [-0.4, -0.2) is 27.5 Å². The van der Waals surface area contributed by atoms with Crippen LogP contribution in [0.5, 0.6) is 0 Å². The summed E-state index contributed by atoms with van der Waals surface area (Å²) >= 11 is 0. The maximum Gasteiger partial charge on any atom is 0.345 e. The van der Waals surface area contributed by atoms with Crippen molar-refractivity contribution in [2.45, 2.75) is 111 Å². The van der Waals surface area contributed by atoms with Gasteiger partial charge in [0.15, 0.2) is 0 Å². The van der Waals surface area contributed by atoms with Gasteiger partial charge in [-0.25, -0.2) is 0 Å². The van der Waals surface area contributed by atoms with Crippen molar-refractivity contribution >= 4 is 21.1 Å². The minimum Gasteiger partial charge on any atom is -0.273 e. The van der Waals surface area contributed by atoms with E-state index in [9.17, 15) is 4.79 Å². The summed E-state index contributed by atoms with van der Waals surface area (Å²) in [6, 6.07) is 0. The summed E-state index contributed by atoms with van der Waals surface area (Å²) in [4.78, 5) is 11.3. The third kappa shape index (κ3) is 11.1. The first-order valence-corrected chi connectivity index (χ1v) is 13.3. The van der Waals surface area contributed by atoms with Gasteiger partial charge in [-0.2, -0.15) is 10.5 Å². The summed E-state index contributed by atoms with van der Waals surface area (Å²) in [5.41, 5.74) is 2.04. The Hall–Kier alpha value is -0.630. The minimum atomic E-state index is 0.311. The molecular weight excluding hydrogens is 348 g/mol. The van der Waals surface area contributed by atoms with Gasteiger partial charge in [0.2, 0.25) is 0 Å². The lowest BCUT2D eigenvalue weighted by atomic mass is 9.99. The molecule has 27 heavy (non-hydrogen) atoms. The third-order valence-corrected chi connectivity index (χ3v) is 7.61. The van der Waals surface area contributed by atoms with Gasteiger partial charge in [0.05, 0.1) is 11.1 Å². The van der Waals surface area contributed by atoms with E-state index >= 15 is 0 Å². The summed E-state index contributed by atoms with van der Waals surface area (Å²) in [5, 5.41) is 0. The number of ketones is 1. The second-order valence-corrected chi connectivity index (χ2v) is 10.5. The summed E-state index contributed by atoms with van der Waals surface area (Å²) in [6.45, 7) is 6.31. The molecule has 0 spiro atoms. The van der Waals surface area contributed by atoms with Crippen LogP contribution in [0.2, 0.25) is 0 Å². The summed E-state index contributed by atoms with van der Waals surface area (Å²) in [7, 11) is 0.311. The number of hydrogen-bond acceptors (Lipinski definition) is 0. The molecule has 0 heterocycles. The van der Waals surface area contributed by atoms with Gasteiger partial charge in [0.25, 0.3) is 0 Å². The molecule has 1 aliphatic carbocycles. The molecule has 156 valence electrons. The van der Waals surface area contributed by atoms with E-state index in [0.29, 0.717) is 16.3 Å². The average Bonchev–Trinajstić information content (AvgIpc) is 2.65. The zero-order valence-corrected chi connectivity index (χ0v) is 19.4. The van der Waals surface area contributed by atoms with Gasteiger partial charge < -0.3 is 0 Å². The molecule has 0 aromatic heterocycles. The predicted octanol–water partition coefficient (Wildman–Crippen LogP) is 7.99. The molecule has 1 rings (SSSR count). The van der Waals surface area contributed by atoms with Gasteiger partial charge in [0, 0.05) is 0 Å². The highest BCUT2D eigenvalue weighted by Gasteiger charge is 2.19. The van der Waals surface area contributed by atoms with Crippen LogP contribution < -0.4 is 0 Å². The lowest BCUT2D eigenvalue weighted by Crippen LogP contribution is -2.11. The van der Waals surface area contributed by atoms with Crippen molar-refractivity contribution in [2.24, 2.45) is 0 Å². The van der Waals surface area contributed by atoms with Gasteiger partial charge >= 0.3 is 5.78 Å². The molecule has 0 radical (unpaired) electrons. The van der Waals surface area contributed by atoms with Gasteiger partial charge in [-0.3, -0.25) is 4.79 Å². The minimum absolute atomic E-state index is 0.311. The predicted molar refractivity (Wildman–Crippen MR) is 128 cm³/mol. The van der Waals surface area contributed by atoms with Crippen molar-refractivity contribution < 1.29 is 4.79 Å². The van der Waals surface area contributed by atoms with Crippen molar-refractivity contribution in [3.8, 4) is 0 Å². The fourth-order valence-corrected chi connectivity index (χ4v) is 5.38. The quantitative estimate of drug-likeness (QED) is 0.153. The highest BCUT2D eigenvalue weighted by molar-refractivity contribution is 8.15. The highest BCUT2D eigenvalue weighted by atomic mass is 32.2. The number of unbranched alkanes of at least 4 members (excludes halogenated alkanes) is 13. The largest absolute Gasteiger partial charge is 0.345 e. The zero-order chi connectivity index (χ0) is 19.9. The Bertz CT molecular complexity index is 500. The van der Waals surface area contributed by atoms with Crippen LogP contribution in [0.1, 0.15) is 111 Å². The molecule has 0 saturated heterocycles. The molecule has 0 amide bonds. The van der Waals surface area contributed by atoms with Crippen molar-refractivity contribution in [2.75, 3.05) is 12.0 Å². The van der Waals surface area contributed by atoms with Gasteiger partial charge in [0.1, 0.15) is 0 Å². The van der Waals surface area contributed by atoms with E-state index in [2.05, 4.69) is 25.3 Å². The van der Waals surface area contributed by atoms with E-state index in [-0.39, 0.29) is 0 Å². The fourth-order valence-electron chi connectivity index (χ4n) is 3.75. The number of carbonyl (C=O) groups excluding carboxylic acids is 1. The Balaban J connectivity index is 1.99. The van der Waals surface area contributed by atoms with Crippen LogP contribution in [-0.2, 0) is 0 Å². The molecule has 0 aliphatic heterocycles. The van der Waals surface area contributed by atoms with Crippen LogP contribution in [0.25, 0.3) is 0 Å². The van der Waals surface area contributed by atoms with Crippen molar-refractivity contribution in [1.29, 1.82) is 0 Å². The van der Waals surface area contributed by atoms with E-state index in [1.165, 1.54) is 101 Å². The number of rotatable bonds is 15. The van der Waals surface area contributed by atoms with Gasteiger partial charge in [-0.1, -0.05) is 90.4 Å². The average molecular weight is 394 g/mol. The molecule has 0 bridgehead atoms. The first-order valence-electron chi connectivity index (χ1n) is 11.5. The van der Waals surface area contributed by atoms with Crippen LogP contribution in [0.3, 0.4) is 0 Å². The first kappa shape index (κ1) is 24.4. The maximum absolute atomic E-state index is 9.92. The SMILES string of the molecule is CCCCCCCCCCCCCCCCS(C)=C1C=C(C)C(=[OH+])C(C)=C1. The van der Waals surface area contributed by atoms with Gasteiger partial charge in [-0.15, -0.1) is 0 Å². The van der Waals surface area contributed by atoms with Crippen molar-refractivity contribution in [1.82, 2.24) is 0 Å². The topological polar surface area (TPSA) is 21.4 Å². The molecule has 1 atom stereocenters. The highest BCUT2D eigenvalue weighted by Crippen LogP contribution is 2.22. The third-order valence-electron chi connectivity index (χ3n) is 5.67. The zero-order valence-electron chi connectivity index (χ0n) is 18.6. The molecule has 1 aliphatic rings. The molecule has 0 aromatic rings. The van der Waals surface area contributed by atoms with E-state index in [4.69, 9.17) is 0 Å². The van der Waals surface area contributed by atoms with E-state index in [1.54, 1.807) is 0 Å². The lowest BCUT2D eigenvalue weighted by molar-refractivity contribution is 0.538. The summed E-state index contributed by atoms with van der Waals surface area (Å²) in [6.07, 6.45) is 26.6. The molecular formula is C25H45OS+. The second kappa shape index (κ2) is 15.3.